The van der Waals surface area contributed by atoms with E-state index in [0.717, 1.165) is 17.5 Å². The third-order valence-corrected chi connectivity index (χ3v) is 4.81. The van der Waals surface area contributed by atoms with Crippen molar-refractivity contribution in [2.45, 2.75) is 32.4 Å². The van der Waals surface area contributed by atoms with Crippen molar-refractivity contribution in [2.24, 2.45) is 0 Å². The Morgan fingerprint density at radius 2 is 2.00 bits per heavy atom. The van der Waals surface area contributed by atoms with Crippen LogP contribution < -0.4 is 5.32 Å². The summed E-state index contributed by atoms with van der Waals surface area (Å²) in [5.74, 6) is -0.0740. The van der Waals surface area contributed by atoms with Crippen LogP contribution in [0.2, 0.25) is 5.02 Å². The second-order valence-electron chi connectivity index (χ2n) is 6.29. The number of hydrogen-bond acceptors (Lipinski definition) is 2. The van der Waals surface area contributed by atoms with Crippen LogP contribution in [-0.4, -0.2) is 23.3 Å². The summed E-state index contributed by atoms with van der Waals surface area (Å²) in [6, 6.07) is 15.3. The number of carbonyl (C=O) groups excluding carboxylic acids is 2. The minimum absolute atomic E-state index is 0.00199. The predicted molar refractivity (Wildman–Crippen MR) is 98.2 cm³/mol. The van der Waals surface area contributed by atoms with Gasteiger partial charge in [0.1, 0.15) is 0 Å². The van der Waals surface area contributed by atoms with Crippen LogP contribution in [0.4, 0.5) is 0 Å². The summed E-state index contributed by atoms with van der Waals surface area (Å²) in [4.78, 5) is 26.3. The van der Waals surface area contributed by atoms with E-state index in [9.17, 15) is 9.59 Å². The molecule has 1 heterocycles. The first-order valence-corrected chi connectivity index (χ1v) is 8.78. The largest absolute Gasteiger partial charge is 0.352 e. The molecule has 130 valence electrons. The zero-order valence-electron chi connectivity index (χ0n) is 14.2. The lowest BCUT2D eigenvalue weighted by Gasteiger charge is -2.36. The zero-order valence-corrected chi connectivity index (χ0v) is 14.9. The molecule has 0 aromatic heterocycles. The van der Waals surface area contributed by atoms with Gasteiger partial charge in [-0.25, -0.2) is 0 Å². The lowest BCUT2D eigenvalue weighted by atomic mass is 9.90. The van der Waals surface area contributed by atoms with Gasteiger partial charge in [-0.15, -0.1) is 0 Å². The van der Waals surface area contributed by atoms with Crippen LogP contribution in [0.25, 0.3) is 0 Å². The molecule has 0 fully saturated rings. The van der Waals surface area contributed by atoms with Crippen LogP contribution in [-0.2, 0) is 22.6 Å². The van der Waals surface area contributed by atoms with Gasteiger partial charge in [-0.3, -0.25) is 9.59 Å². The summed E-state index contributed by atoms with van der Waals surface area (Å²) < 4.78 is 0. The first-order valence-electron chi connectivity index (χ1n) is 8.41. The van der Waals surface area contributed by atoms with Crippen molar-refractivity contribution in [1.29, 1.82) is 0 Å². The Labute approximate surface area is 152 Å². The number of rotatable bonds is 4. The Morgan fingerprint density at radius 3 is 2.76 bits per heavy atom. The molecule has 1 atom stereocenters. The van der Waals surface area contributed by atoms with Gasteiger partial charge < -0.3 is 10.2 Å². The molecule has 1 N–H and O–H groups in total. The summed E-state index contributed by atoms with van der Waals surface area (Å²) in [7, 11) is 0. The summed E-state index contributed by atoms with van der Waals surface area (Å²) in [5, 5.41) is 3.58. The van der Waals surface area contributed by atoms with Crippen molar-refractivity contribution < 1.29 is 9.59 Å². The van der Waals surface area contributed by atoms with Gasteiger partial charge in [0.2, 0.25) is 11.8 Å². The fourth-order valence-corrected chi connectivity index (χ4v) is 3.56. The normalized spacial score (nSPS) is 16.2. The van der Waals surface area contributed by atoms with Crippen molar-refractivity contribution in [3.8, 4) is 0 Å². The molecule has 0 spiro atoms. The monoisotopic (exact) mass is 356 g/mol. The fourth-order valence-electron chi connectivity index (χ4n) is 3.34. The van der Waals surface area contributed by atoms with Gasteiger partial charge in [-0.1, -0.05) is 48.0 Å². The molecular formula is C20H21ClN2O2. The molecule has 4 nitrogen and oxygen atoms in total. The predicted octanol–water partition coefficient (Wildman–Crippen LogP) is 3.49. The number of benzene rings is 2. The zero-order chi connectivity index (χ0) is 17.8. The van der Waals surface area contributed by atoms with Gasteiger partial charge in [0, 0.05) is 25.0 Å². The second-order valence-corrected chi connectivity index (χ2v) is 6.72. The number of nitrogens with zero attached hydrogens (tertiary/aromatic N) is 1. The lowest BCUT2D eigenvalue weighted by Crippen LogP contribution is -2.41. The van der Waals surface area contributed by atoms with Gasteiger partial charge in [0.25, 0.3) is 0 Å². The highest BCUT2D eigenvalue weighted by atomic mass is 35.5. The third kappa shape index (κ3) is 4.20. The molecule has 2 aromatic rings. The van der Waals surface area contributed by atoms with Crippen molar-refractivity contribution >= 4 is 23.4 Å². The molecule has 0 saturated heterocycles. The molecule has 1 unspecified atom stereocenters. The minimum atomic E-state index is -0.207. The molecule has 1 aliphatic rings. The molecule has 2 amide bonds. The van der Waals surface area contributed by atoms with Crippen molar-refractivity contribution in [3.63, 3.8) is 0 Å². The molecule has 0 aliphatic carbocycles. The van der Waals surface area contributed by atoms with E-state index in [0.29, 0.717) is 18.1 Å². The number of fused-ring (bicyclic) bond motifs is 1. The van der Waals surface area contributed by atoms with E-state index < -0.39 is 0 Å². The smallest absolute Gasteiger partial charge is 0.222 e. The Hall–Kier alpha value is -2.33. The highest BCUT2D eigenvalue weighted by Crippen LogP contribution is 2.32. The van der Waals surface area contributed by atoms with Crippen LogP contribution >= 0.6 is 11.6 Å². The maximum atomic E-state index is 12.5. The standard InChI is InChI=1S/C20H21ClN2O2/c1-14(24)23-10-9-16-6-2-3-8-18(16)19(23)12-20(25)22-13-15-5-4-7-17(21)11-15/h2-8,11,19H,9-10,12-13H2,1H3,(H,22,25). The average Bonchev–Trinajstić information content (AvgIpc) is 2.60. The molecule has 0 saturated carbocycles. The Morgan fingerprint density at radius 1 is 1.20 bits per heavy atom. The van der Waals surface area contributed by atoms with E-state index >= 15 is 0 Å². The third-order valence-electron chi connectivity index (χ3n) is 4.57. The van der Waals surface area contributed by atoms with Crippen LogP contribution in [0.3, 0.4) is 0 Å². The van der Waals surface area contributed by atoms with Crippen LogP contribution in [0.5, 0.6) is 0 Å². The van der Waals surface area contributed by atoms with Gasteiger partial charge >= 0.3 is 0 Å². The van der Waals surface area contributed by atoms with Crippen LogP contribution in [0.15, 0.2) is 48.5 Å². The molecule has 2 aromatic carbocycles. The van der Waals surface area contributed by atoms with E-state index in [1.54, 1.807) is 17.9 Å². The minimum Gasteiger partial charge on any atom is -0.352 e. The van der Waals surface area contributed by atoms with Crippen molar-refractivity contribution in [3.05, 3.63) is 70.2 Å². The second kappa shape index (κ2) is 7.70. The summed E-state index contributed by atoms with van der Waals surface area (Å²) in [6.45, 7) is 2.64. The highest BCUT2D eigenvalue weighted by molar-refractivity contribution is 6.30. The lowest BCUT2D eigenvalue weighted by molar-refractivity contribution is -0.133. The van der Waals surface area contributed by atoms with Gasteiger partial charge in [-0.05, 0) is 35.2 Å². The topological polar surface area (TPSA) is 49.4 Å². The van der Waals surface area contributed by atoms with Gasteiger partial charge in [0.15, 0.2) is 0 Å². The number of halogens is 1. The quantitative estimate of drug-likeness (QED) is 0.911. The van der Waals surface area contributed by atoms with Crippen LogP contribution in [0, 0.1) is 0 Å². The Balaban J connectivity index is 1.70. The maximum Gasteiger partial charge on any atom is 0.222 e. The molecule has 1 aliphatic heterocycles. The van der Waals surface area contributed by atoms with Crippen molar-refractivity contribution in [1.82, 2.24) is 10.2 Å². The Bertz CT molecular complexity index is 791. The number of carbonyl (C=O) groups is 2. The van der Waals surface area contributed by atoms with Gasteiger partial charge in [0.05, 0.1) is 12.5 Å². The van der Waals surface area contributed by atoms with E-state index in [1.807, 2.05) is 36.4 Å². The molecule has 3 rings (SSSR count). The molecule has 0 radical (unpaired) electrons. The summed E-state index contributed by atoms with van der Waals surface area (Å²) in [5.41, 5.74) is 3.24. The first kappa shape index (κ1) is 17.5. The van der Waals surface area contributed by atoms with E-state index in [2.05, 4.69) is 11.4 Å². The van der Waals surface area contributed by atoms with Crippen LogP contribution in [0.1, 0.15) is 36.1 Å². The van der Waals surface area contributed by atoms with E-state index in [1.165, 1.54) is 5.56 Å². The number of amides is 2. The average molecular weight is 357 g/mol. The first-order chi connectivity index (χ1) is 12.0. The van der Waals surface area contributed by atoms with Crippen molar-refractivity contribution in [2.75, 3.05) is 6.54 Å². The molecule has 25 heavy (non-hydrogen) atoms. The number of nitrogens with one attached hydrogen (secondary N) is 1. The summed E-state index contributed by atoms with van der Waals surface area (Å²) in [6.07, 6.45) is 1.09. The number of hydrogen-bond donors (Lipinski definition) is 1. The Kier molecular flexibility index (Phi) is 5.39. The highest BCUT2D eigenvalue weighted by Gasteiger charge is 2.30. The summed E-state index contributed by atoms with van der Waals surface area (Å²) >= 11 is 5.97. The van der Waals surface area contributed by atoms with E-state index in [-0.39, 0.29) is 24.3 Å². The molecule has 0 bridgehead atoms. The van der Waals surface area contributed by atoms with E-state index in [4.69, 9.17) is 11.6 Å². The SMILES string of the molecule is CC(=O)N1CCc2ccccc2C1CC(=O)NCc1cccc(Cl)c1. The molecular weight excluding hydrogens is 336 g/mol. The molecule has 5 heteroatoms. The fraction of sp³-hybridized carbons (Fsp3) is 0.300. The van der Waals surface area contributed by atoms with Gasteiger partial charge in [-0.2, -0.15) is 0 Å². The maximum absolute atomic E-state index is 12.5.